The van der Waals surface area contributed by atoms with E-state index in [1.165, 1.54) is 0 Å². The lowest BCUT2D eigenvalue weighted by atomic mass is 9.75. The first-order chi connectivity index (χ1) is 14.3. The fraction of sp³-hybridized carbons (Fsp3) is 0.778. The lowest BCUT2D eigenvalue weighted by molar-refractivity contribution is -0.118. The van der Waals surface area contributed by atoms with Crippen LogP contribution in [0.25, 0.3) is 0 Å². The monoisotopic (exact) mass is 430 g/mol. The number of carbonyl (C=O) groups excluding carboxylic acids is 2. The summed E-state index contributed by atoms with van der Waals surface area (Å²) in [5.41, 5.74) is 1.81. The lowest BCUT2D eigenvalue weighted by Gasteiger charge is -2.39. The summed E-state index contributed by atoms with van der Waals surface area (Å²) in [6, 6.07) is 0.416. The van der Waals surface area contributed by atoms with Crippen molar-refractivity contribution in [3.63, 3.8) is 0 Å². The number of unbranched alkanes of at least 4 members (excludes halogenated alkanes) is 1. The van der Waals surface area contributed by atoms with Gasteiger partial charge in [0.05, 0.1) is 0 Å². The van der Waals surface area contributed by atoms with Gasteiger partial charge in [0.1, 0.15) is 0 Å². The summed E-state index contributed by atoms with van der Waals surface area (Å²) < 4.78 is 0. The van der Waals surface area contributed by atoms with E-state index in [9.17, 15) is 9.59 Å². The van der Waals surface area contributed by atoms with Gasteiger partial charge in [0, 0.05) is 62.1 Å². The SMILES string of the molecule is CC(C)CN1C=C(C(=O)CCCCC(=O)C2=CN(C(C)C)CCC2(C)C)C(C)(C)CC1. The molecule has 0 unspecified atom stereocenters. The lowest BCUT2D eigenvalue weighted by Crippen LogP contribution is -2.38. The first-order valence-electron chi connectivity index (χ1n) is 12.3. The zero-order valence-electron chi connectivity index (χ0n) is 21.4. The molecule has 176 valence electrons. The number of allylic oxidation sites excluding steroid dienone is 2. The Morgan fingerprint density at radius 3 is 1.81 bits per heavy atom. The first-order valence-corrected chi connectivity index (χ1v) is 12.3. The third kappa shape index (κ3) is 6.95. The molecule has 2 heterocycles. The molecule has 0 spiro atoms. The molecular formula is C27H46N2O2. The normalized spacial score (nSPS) is 20.7. The fourth-order valence-electron chi connectivity index (χ4n) is 4.69. The van der Waals surface area contributed by atoms with Crippen molar-refractivity contribution in [2.75, 3.05) is 19.6 Å². The molecule has 0 aromatic rings. The van der Waals surface area contributed by atoms with Gasteiger partial charge >= 0.3 is 0 Å². The molecular weight excluding hydrogens is 384 g/mol. The van der Waals surface area contributed by atoms with E-state index in [2.05, 4.69) is 77.6 Å². The number of nitrogens with zero attached hydrogens (tertiary/aromatic N) is 2. The quantitative estimate of drug-likeness (QED) is 0.400. The van der Waals surface area contributed by atoms with Crippen LogP contribution in [0, 0.1) is 16.7 Å². The highest BCUT2D eigenvalue weighted by molar-refractivity contribution is 5.97. The average molecular weight is 431 g/mol. The summed E-state index contributed by atoms with van der Waals surface area (Å²) in [5, 5.41) is 0. The highest BCUT2D eigenvalue weighted by Gasteiger charge is 2.34. The van der Waals surface area contributed by atoms with Gasteiger partial charge in [-0.15, -0.1) is 0 Å². The number of ketones is 2. The molecule has 2 aliphatic rings. The second-order valence-electron chi connectivity index (χ2n) is 11.6. The maximum absolute atomic E-state index is 13.0. The molecule has 0 bridgehead atoms. The minimum Gasteiger partial charge on any atom is -0.377 e. The molecule has 0 saturated carbocycles. The maximum atomic E-state index is 13.0. The molecule has 0 fully saturated rings. The number of rotatable bonds is 10. The molecule has 0 N–H and O–H groups in total. The van der Waals surface area contributed by atoms with Crippen molar-refractivity contribution < 1.29 is 9.59 Å². The van der Waals surface area contributed by atoms with E-state index in [0.29, 0.717) is 24.8 Å². The van der Waals surface area contributed by atoms with E-state index >= 15 is 0 Å². The molecule has 4 nitrogen and oxygen atoms in total. The van der Waals surface area contributed by atoms with Crippen molar-refractivity contribution in [1.29, 1.82) is 0 Å². The van der Waals surface area contributed by atoms with Gasteiger partial charge in [0.15, 0.2) is 11.6 Å². The smallest absolute Gasteiger partial charge is 0.160 e. The third-order valence-electron chi connectivity index (χ3n) is 7.01. The van der Waals surface area contributed by atoms with E-state index in [0.717, 1.165) is 56.5 Å². The molecule has 31 heavy (non-hydrogen) atoms. The van der Waals surface area contributed by atoms with E-state index in [4.69, 9.17) is 0 Å². The van der Waals surface area contributed by atoms with Crippen LogP contribution in [0.3, 0.4) is 0 Å². The van der Waals surface area contributed by atoms with E-state index in [1.807, 2.05) is 0 Å². The van der Waals surface area contributed by atoms with Gasteiger partial charge in [0.2, 0.25) is 0 Å². The van der Waals surface area contributed by atoms with Crippen LogP contribution in [-0.2, 0) is 9.59 Å². The molecule has 0 radical (unpaired) electrons. The summed E-state index contributed by atoms with van der Waals surface area (Å²) in [7, 11) is 0. The van der Waals surface area contributed by atoms with Crippen molar-refractivity contribution in [1.82, 2.24) is 9.80 Å². The summed E-state index contributed by atoms with van der Waals surface area (Å²) in [6.07, 6.45) is 8.89. The minimum atomic E-state index is -0.0604. The van der Waals surface area contributed by atoms with Crippen LogP contribution in [0.1, 0.15) is 93.9 Å². The van der Waals surface area contributed by atoms with Gasteiger partial charge in [-0.1, -0.05) is 41.5 Å². The highest BCUT2D eigenvalue weighted by Crippen LogP contribution is 2.37. The number of hydrogen-bond acceptors (Lipinski definition) is 4. The van der Waals surface area contributed by atoms with Gasteiger partial charge in [-0.3, -0.25) is 9.59 Å². The highest BCUT2D eigenvalue weighted by atomic mass is 16.1. The summed E-state index contributed by atoms with van der Waals surface area (Å²) >= 11 is 0. The molecule has 0 atom stereocenters. The summed E-state index contributed by atoms with van der Waals surface area (Å²) in [5.74, 6) is 1.10. The standard InChI is InChI=1S/C27H46N2O2/c1-20(2)17-28-15-13-26(5,6)22(18-28)24(30)11-9-10-12-25(31)23-19-29(21(3)4)16-14-27(23,7)8/h18-21H,9-17H2,1-8H3. The number of carbonyl (C=O) groups is 2. The number of hydrogen-bond donors (Lipinski definition) is 0. The van der Waals surface area contributed by atoms with Crippen LogP contribution in [0.4, 0.5) is 0 Å². The fourth-order valence-corrected chi connectivity index (χ4v) is 4.69. The largest absolute Gasteiger partial charge is 0.377 e. The molecule has 0 saturated heterocycles. The zero-order valence-corrected chi connectivity index (χ0v) is 21.4. The zero-order chi connectivity index (χ0) is 23.4. The Labute approximate surface area is 191 Å². The average Bonchev–Trinajstić information content (AvgIpc) is 2.65. The van der Waals surface area contributed by atoms with Crippen molar-refractivity contribution >= 4 is 11.6 Å². The van der Waals surface area contributed by atoms with Crippen LogP contribution >= 0.6 is 0 Å². The van der Waals surface area contributed by atoms with E-state index in [-0.39, 0.29) is 22.4 Å². The maximum Gasteiger partial charge on any atom is 0.160 e. The Balaban J connectivity index is 1.92. The van der Waals surface area contributed by atoms with Crippen molar-refractivity contribution in [2.24, 2.45) is 16.7 Å². The molecule has 0 aliphatic carbocycles. The van der Waals surface area contributed by atoms with Gasteiger partial charge < -0.3 is 9.80 Å². The van der Waals surface area contributed by atoms with Gasteiger partial charge in [-0.2, -0.15) is 0 Å². The van der Waals surface area contributed by atoms with Crippen LogP contribution in [0.2, 0.25) is 0 Å². The first kappa shape index (κ1) is 25.7. The predicted molar refractivity (Wildman–Crippen MR) is 130 cm³/mol. The van der Waals surface area contributed by atoms with Crippen LogP contribution in [0.5, 0.6) is 0 Å². The van der Waals surface area contributed by atoms with Crippen molar-refractivity contribution in [3.8, 4) is 0 Å². The summed E-state index contributed by atoms with van der Waals surface area (Å²) in [4.78, 5) is 30.6. The van der Waals surface area contributed by atoms with Crippen LogP contribution in [0.15, 0.2) is 23.5 Å². The van der Waals surface area contributed by atoms with Crippen LogP contribution in [-0.4, -0.2) is 47.0 Å². The minimum absolute atomic E-state index is 0.0579. The second-order valence-corrected chi connectivity index (χ2v) is 11.6. The number of Topliss-reactive ketones (excluding diaryl/α,β-unsaturated/α-hetero) is 2. The molecule has 0 aromatic heterocycles. The predicted octanol–water partition coefficient (Wildman–Crippen LogP) is 5.98. The molecule has 0 amide bonds. The van der Waals surface area contributed by atoms with E-state index < -0.39 is 0 Å². The van der Waals surface area contributed by atoms with Crippen LogP contribution < -0.4 is 0 Å². The van der Waals surface area contributed by atoms with Crippen molar-refractivity contribution in [2.45, 2.75) is 100.0 Å². The Morgan fingerprint density at radius 1 is 0.839 bits per heavy atom. The topological polar surface area (TPSA) is 40.6 Å². The second kappa shape index (κ2) is 10.4. The van der Waals surface area contributed by atoms with Gasteiger partial charge in [-0.25, -0.2) is 0 Å². The van der Waals surface area contributed by atoms with Gasteiger partial charge in [-0.05, 0) is 56.3 Å². The Bertz CT molecular complexity index is 713. The molecule has 0 aromatic carbocycles. The Hall–Kier alpha value is -1.58. The summed E-state index contributed by atoms with van der Waals surface area (Å²) in [6.45, 7) is 20.5. The molecule has 4 heteroatoms. The molecule has 2 aliphatic heterocycles. The van der Waals surface area contributed by atoms with E-state index in [1.54, 1.807) is 0 Å². The van der Waals surface area contributed by atoms with Crippen molar-refractivity contribution in [3.05, 3.63) is 23.5 Å². The molecule has 2 rings (SSSR count). The third-order valence-corrected chi connectivity index (χ3v) is 7.01. The Kier molecular flexibility index (Phi) is 8.58. The Morgan fingerprint density at radius 2 is 1.32 bits per heavy atom. The van der Waals surface area contributed by atoms with Gasteiger partial charge in [0.25, 0.3) is 0 Å².